The van der Waals surface area contributed by atoms with Gasteiger partial charge in [0.05, 0.1) is 6.61 Å². The Bertz CT molecular complexity index is 668. The summed E-state index contributed by atoms with van der Waals surface area (Å²) in [7, 11) is 0. The number of amides is 1. The first-order chi connectivity index (χ1) is 13.2. The fraction of sp³-hybridized carbons (Fsp3) is 0.650. The fourth-order valence-corrected chi connectivity index (χ4v) is 3.59. The highest BCUT2D eigenvalue weighted by molar-refractivity contribution is 5.68. The number of aromatic nitrogens is 2. The maximum Gasteiger partial charge on any atom is 0.409 e. The minimum Gasteiger partial charge on any atom is -0.450 e. The number of hydrogen-bond donors (Lipinski definition) is 1. The van der Waals surface area contributed by atoms with Gasteiger partial charge in [0.2, 0.25) is 5.95 Å². The SMILES string of the molecule is CCOC(=O)N1CCN(c2cc(C)nc(NCCC3=CCCCC3)n2)CC1. The molecule has 148 valence electrons. The Balaban J connectivity index is 1.54. The molecule has 2 aliphatic rings. The molecule has 0 spiro atoms. The Morgan fingerprint density at radius 1 is 1.22 bits per heavy atom. The summed E-state index contributed by atoms with van der Waals surface area (Å²) < 4.78 is 5.08. The summed E-state index contributed by atoms with van der Waals surface area (Å²) in [6.45, 7) is 7.91. The van der Waals surface area contributed by atoms with Crippen molar-refractivity contribution in [3.63, 3.8) is 0 Å². The molecule has 3 rings (SSSR count). The van der Waals surface area contributed by atoms with Gasteiger partial charge in [-0.1, -0.05) is 11.6 Å². The number of allylic oxidation sites excluding steroid dienone is 1. The van der Waals surface area contributed by atoms with Gasteiger partial charge in [-0.2, -0.15) is 4.98 Å². The zero-order valence-corrected chi connectivity index (χ0v) is 16.5. The van der Waals surface area contributed by atoms with Crippen molar-refractivity contribution in [3.8, 4) is 0 Å². The van der Waals surface area contributed by atoms with E-state index in [0.29, 0.717) is 25.6 Å². The lowest BCUT2D eigenvalue weighted by molar-refractivity contribution is 0.105. The van der Waals surface area contributed by atoms with Gasteiger partial charge in [0, 0.05) is 44.5 Å². The third-order valence-electron chi connectivity index (χ3n) is 5.08. The molecule has 0 unspecified atom stereocenters. The molecule has 0 bridgehead atoms. The summed E-state index contributed by atoms with van der Waals surface area (Å²) >= 11 is 0. The van der Waals surface area contributed by atoms with Gasteiger partial charge in [0.25, 0.3) is 0 Å². The number of anilines is 2. The van der Waals surface area contributed by atoms with Crippen LogP contribution >= 0.6 is 0 Å². The van der Waals surface area contributed by atoms with Gasteiger partial charge in [-0.15, -0.1) is 0 Å². The molecule has 1 aliphatic heterocycles. The van der Waals surface area contributed by atoms with E-state index in [2.05, 4.69) is 21.3 Å². The summed E-state index contributed by atoms with van der Waals surface area (Å²) in [4.78, 5) is 25.0. The molecule has 1 fully saturated rings. The van der Waals surface area contributed by atoms with Crippen LogP contribution in [0.3, 0.4) is 0 Å². The van der Waals surface area contributed by atoms with Crippen molar-refractivity contribution in [2.45, 2.75) is 46.0 Å². The van der Waals surface area contributed by atoms with Crippen LogP contribution in [0.1, 0.15) is 44.7 Å². The van der Waals surface area contributed by atoms with E-state index in [-0.39, 0.29) is 6.09 Å². The van der Waals surface area contributed by atoms with E-state index in [1.807, 2.05) is 19.9 Å². The zero-order valence-electron chi connectivity index (χ0n) is 16.5. The molecule has 0 atom stereocenters. The fourth-order valence-electron chi connectivity index (χ4n) is 3.59. The Hall–Kier alpha value is -2.31. The average molecular weight is 374 g/mol. The van der Waals surface area contributed by atoms with Crippen LogP contribution in [0.4, 0.5) is 16.6 Å². The number of piperazine rings is 1. The lowest BCUT2D eigenvalue weighted by Crippen LogP contribution is -2.49. The molecule has 1 amide bonds. The van der Waals surface area contributed by atoms with Crippen LogP contribution in [-0.4, -0.2) is 60.3 Å². The second-order valence-electron chi connectivity index (χ2n) is 7.15. The average Bonchev–Trinajstić information content (AvgIpc) is 2.69. The van der Waals surface area contributed by atoms with Crippen molar-refractivity contribution >= 4 is 17.9 Å². The van der Waals surface area contributed by atoms with E-state index in [9.17, 15) is 4.79 Å². The summed E-state index contributed by atoms with van der Waals surface area (Å²) in [5, 5.41) is 3.38. The normalized spacial score (nSPS) is 17.5. The third-order valence-corrected chi connectivity index (χ3v) is 5.08. The lowest BCUT2D eigenvalue weighted by atomic mass is 9.97. The van der Waals surface area contributed by atoms with E-state index in [4.69, 9.17) is 9.72 Å². The summed E-state index contributed by atoms with van der Waals surface area (Å²) in [5.41, 5.74) is 2.50. The smallest absolute Gasteiger partial charge is 0.409 e. The molecule has 7 nitrogen and oxygen atoms in total. The number of ether oxygens (including phenoxy) is 1. The topological polar surface area (TPSA) is 70.6 Å². The number of aryl methyl sites for hydroxylation is 1. The number of nitrogens with one attached hydrogen (secondary N) is 1. The minimum atomic E-state index is -0.226. The molecule has 7 heteroatoms. The summed E-state index contributed by atoms with van der Waals surface area (Å²) in [6, 6.07) is 2.01. The van der Waals surface area contributed by atoms with E-state index in [0.717, 1.165) is 37.6 Å². The standard InChI is InChI=1S/C20H31N5O2/c1-3-27-20(26)25-13-11-24(12-14-25)18-15-16(2)22-19(23-18)21-10-9-17-7-5-4-6-8-17/h7,15H,3-6,8-14H2,1-2H3,(H,21,22,23). The van der Waals surface area contributed by atoms with E-state index in [1.54, 1.807) is 10.5 Å². The highest BCUT2D eigenvalue weighted by Gasteiger charge is 2.23. The van der Waals surface area contributed by atoms with Crippen molar-refractivity contribution in [3.05, 3.63) is 23.4 Å². The van der Waals surface area contributed by atoms with Gasteiger partial charge in [-0.3, -0.25) is 0 Å². The van der Waals surface area contributed by atoms with Crippen LogP contribution in [0.15, 0.2) is 17.7 Å². The number of carbonyl (C=O) groups excluding carboxylic acids is 1. The van der Waals surface area contributed by atoms with E-state index >= 15 is 0 Å². The molecule has 0 radical (unpaired) electrons. The van der Waals surface area contributed by atoms with E-state index in [1.165, 1.54) is 25.7 Å². The van der Waals surface area contributed by atoms with E-state index < -0.39 is 0 Å². The van der Waals surface area contributed by atoms with Gasteiger partial charge in [-0.05, 0) is 46.0 Å². The highest BCUT2D eigenvalue weighted by atomic mass is 16.6. The van der Waals surface area contributed by atoms with Crippen LogP contribution in [0.25, 0.3) is 0 Å². The number of nitrogens with zero attached hydrogens (tertiary/aromatic N) is 4. The molecular weight excluding hydrogens is 342 g/mol. The van der Waals surface area contributed by atoms with Crippen LogP contribution in [0.5, 0.6) is 0 Å². The molecule has 2 heterocycles. The molecule has 1 N–H and O–H groups in total. The first-order valence-corrected chi connectivity index (χ1v) is 10.1. The molecule has 1 aliphatic carbocycles. The first-order valence-electron chi connectivity index (χ1n) is 10.1. The van der Waals surface area contributed by atoms with Crippen molar-refractivity contribution in [2.24, 2.45) is 0 Å². The third kappa shape index (κ3) is 5.58. The number of hydrogen-bond acceptors (Lipinski definition) is 6. The monoisotopic (exact) mass is 373 g/mol. The quantitative estimate of drug-likeness (QED) is 0.771. The summed E-state index contributed by atoms with van der Waals surface area (Å²) in [5.74, 6) is 1.61. The number of rotatable bonds is 6. The van der Waals surface area contributed by atoms with Gasteiger partial charge >= 0.3 is 6.09 Å². The lowest BCUT2D eigenvalue weighted by Gasteiger charge is -2.34. The van der Waals surface area contributed by atoms with Gasteiger partial charge in [-0.25, -0.2) is 9.78 Å². The Kier molecular flexibility index (Phi) is 6.90. The van der Waals surface area contributed by atoms with Crippen molar-refractivity contribution in [1.82, 2.24) is 14.9 Å². The first kappa shape index (κ1) is 19.5. The second kappa shape index (κ2) is 9.58. The molecule has 1 saturated heterocycles. The van der Waals surface area contributed by atoms with Crippen LogP contribution in [0, 0.1) is 6.92 Å². The zero-order chi connectivity index (χ0) is 19.1. The predicted octanol–water partition coefficient (Wildman–Crippen LogP) is 3.37. The Morgan fingerprint density at radius 2 is 2.04 bits per heavy atom. The van der Waals surface area contributed by atoms with Gasteiger partial charge < -0.3 is 19.9 Å². The Labute approximate surface area is 161 Å². The number of carbonyl (C=O) groups is 1. The molecule has 1 aromatic heterocycles. The van der Waals surface area contributed by atoms with Crippen molar-refractivity contribution in [1.29, 1.82) is 0 Å². The van der Waals surface area contributed by atoms with Crippen LogP contribution in [-0.2, 0) is 4.74 Å². The van der Waals surface area contributed by atoms with Gasteiger partial charge in [0.1, 0.15) is 5.82 Å². The van der Waals surface area contributed by atoms with Crippen LogP contribution < -0.4 is 10.2 Å². The van der Waals surface area contributed by atoms with Crippen molar-refractivity contribution < 1.29 is 9.53 Å². The predicted molar refractivity (Wildman–Crippen MR) is 107 cm³/mol. The molecular formula is C20H31N5O2. The van der Waals surface area contributed by atoms with Crippen molar-refractivity contribution in [2.75, 3.05) is 49.5 Å². The minimum absolute atomic E-state index is 0.226. The van der Waals surface area contributed by atoms with Gasteiger partial charge in [0.15, 0.2) is 0 Å². The summed E-state index contributed by atoms with van der Waals surface area (Å²) in [6.07, 6.45) is 8.31. The largest absolute Gasteiger partial charge is 0.450 e. The molecule has 1 aromatic rings. The Morgan fingerprint density at radius 3 is 2.74 bits per heavy atom. The molecule has 27 heavy (non-hydrogen) atoms. The molecule has 0 saturated carbocycles. The maximum absolute atomic E-state index is 11.8. The van der Waals surface area contributed by atoms with Crippen LogP contribution in [0.2, 0.25) is 0 Å². The maximum atomic E-state index is 11.8. The second-order valence-corrected chi connectivity index (χ2v) is 7.15. The molecule has 0 aromatic carbocycles. The highest BCUT2D eigenvalue weighted by Crippen LogP contribution is 2.21.